The van der Waals surface area contributed by atoms with Gasteiger partial charge in [-0.1, -0.05) is 0 Å². The molecule has 2 heterocycles. The Morgan fingerprint density at radius 2 is 2.42 bits per heavy atom. The van der Waals surface area contributed by atoms with Crippen LogP contribution in [0.4, 0.5) is 0 Å². The second-order valence-electron chi connectivity index (χ2n) is 2.52. The number of aryl methyl sites for hydroxylation is 1. The van der Waals surface area contributed by atoms with E-state index in [1.165, 1.54) is 0 Å². The number of nitrogens with zero attached hydrogens (tertiary/aromatic N) is 3. The van der Waals surface area contributed by atoms with Crippen LogP contribution in [0.15, 0.2) is 30.6 Å². The first-order valence-corrected chi connectivity index (χ1v) is 3.68. The summed E-state index contributed by atoms with van der Waals surface area (Å²) in [5, 5.41) is 4.20. The van der Waals surface area contributed by atoms with Crippen molar-refractivity contribution in [3.8, 4) is 11.3 Å². The topological polar surface area (TPSA) is 30.7 Å². The van der Waals surface area contributed by atoms with Crippen molar-refractivity contribution in [1.29, 1.82) is 0 Å². The van der Waals surface area contributed by atoms with E-state index in [4.69, 9.17) is 0 Å². The molecule has 0 aliphatic heterocycles. The van der Waals surface area contributed by atoms with E-state index in [0.29, 0.717) is 0 Å². The third-order valence-electron chi connectivity index (χ3n) is 1.60. The van der Waals surface area contributed by atoms with Crippen molar-refractivity contribution in [2.75, 3.05) is 0 Å². The minimum Gasteiger partial charge on any atom is -0.266 e. The fourth-order valence-electron chi connectivity index (χ4n) is 1.03. The summed E-state index contributed by atoms with van der Waals surface area (Å²) in [6.07, 6.45) is 6.48. The summed E-state index contributed by atoms with van der Waals surface area (Å²) in [4.78, 5) is 4.01. The van der Waals surface area contributed by atoms with Gasteiger partial charge in [0.05, 0.1) is 11.9 Å². The maximum absolute atomic E-state index is 4.20. The summed E-state index contributed by atoms with van der Waals surface area (Å²) >= 11 is 0. The molecule has 0 aliphatic carbocycles. The average Bonchev–Trinajstić information content (AvgIpc) is 2.54. The molecule has 12 heavy (non-hydrogen) atoms. The molecule has 0 unspecified atom stereocenters. The van der Waals surface area contributed by atoms with Crippen LogP contribution in [0.3, 0.4) is 0 Å². The van der Waals surface area contributed by atoms with E-state index in [-0.39, 0.29) is 0 Å². The van der Waals surface area contributed by atoms with E-state index in [2.05, 4.69) is 16.3 Å². The SMILES string of the molecule is Cn1[c]cc(-c2cccnc2)n1. The van der Waals surface area contributed by atoms with E-state index in [0.717, 1.165) is 11.3 Å². The van der Waals surface area contributed by atoms with Crippen LogP contribution in [0.25, 0.3) is 11.3 Å². The van der Waals surface area contributed by atoms with Crippen LogP contribution < -0.4 is 0 Å². The van der Waals surface area contributed by atoms with Gasteiger partial charge in [0.2, 0.25) is 0 Å². The summed E-state index contributed by atoms with van der Waals surface area (Å²) in [6.45, 7) is 0. The highest BCUT2D eigenvalue weighted by Crippen LogP contribution is 2.13. The normalized spacial score (nSPS) is 10.1. The van der Waals surface area contributed by atoms with Gasteiger partial charge >= 0.3 is 0 Å². The van der Waals surface area contributed by atoms with Crippen LogP contribution in [-0.2, 0) is 7.05 Å². The molecule has 0 saturated heterocycles. The van der Waals surface area contributed by atoms with Crippen LogP contribution in [0.5, 0.6) is 0 Å². The zero-order chi connectivity index (χ0) is 8.39. The molecule has 0 atom stereocenters. The summed E-state index contributed by atoms with van der Waals surface area (Å²) in [7, 11) is 1.85. The molecule has 0 aliphatic rings. The Morgan fingerprint density at radius 1 is 1.50 bits per heavy atom. The summed E-state index contributed by atoms with van der Waals surface area (Å²) < 4.78 is 1.66. The van der Waals surface area contributed by atoms with Gasteiger partial charge in [-0.05, 0) is 18.2 Å². The lowest BCUT2D eigenvalue weighted by atomic mass is 10.2. The average molecular weight is 158 g/mol. The second-order valence-corrected chi connectivity index (χ2v) is 2.52. The number of aromatic nitrogens is 3. The van der Waals surface area contributed by atoms with Crippen LogP contribution in [-0.4, -0.2) is 14.8 Å². The fourth-order valence-corrected chi connectivity index (χ4v) is 1.03. The Kier molecular flexibility index (Phi) is 1.63. The predicted molar refractivity (Wildman–Crippen MR) is 45.3 cm³/mol. The third kappa shape index (κ3) is 1.21. The Balaban J connectivity index is 2.45. The summed E-state index contributed by atoms with van der Waals surface area (Å²) in [5.41, 5.74) is 1.93. The first-order valence-electron chi connectivity index (χ1n) is 3.68. The van der Waals surface area contributed by atoms with Crippen molar-refractivity contribution < 1.29 is 0 Å². The van der Waals surface area contributed by atoms with Gasteiger partial charge in [-0.25, -0.2) is 0 Å². The molecule has 1 radical (unpaired) electrons. The molecule has 0 N–H and O–H groups in total. The van der Waals surface area contributed by atoms with Gasteiger partial charge in [-0.3, -0.25) is 9.67 Å². The van der Waals surface area contributed by atoms with Crippen molar-refractivity contribution >= 4 is 0 Å². The largest absolute Gasteiger partial charge is 0.266 e. The Hall–Kier alpha value is -1.64. The number of pyridine rings is 1. The van der Waals surface area contributed by atoms with Crippen LogP contribution >= 0.6 is 0 Å². The molecule has 0 aromatic carbocycles. The lowest BCUT2D eigenvalue weighted by Crippen LogP contribution is -1.88. The standard InChI is InChI=1S/C9H8N3/c1-12-6-4-9(11-12)8-3-2-5-10-7-8/h2-5,7H,1H3. The van der Waals surface area contributed by atoms with Crippen molar-refractivity contribution in [1.82, 2.24) is 14.8 Å². The number of rotatable bonds is 1. The minimum absolute atomic E-state index is 0.908. The Labute approximate surface area is 70.7 Å². The van der Waals surface area contributed by atoms with Gasteiger partial charge in [0, 0.05) is 25.0 Å². The van der Waals surface area contributed by atoms with Gasteiger partial charge in [-0.15, -0.1) is 0 Å². The van der Waals surface area contributed by atoms with E-state index in [9.17, 15) is 0 Å². The number of hydrogen-bond acceptors (Lipinski definition) is 2. The quantitative estimate of drug-likeness (QED) is 0.626. The van der Waals surface area contributed by atoms with Crippen molar-refractivity contribution in [2.24, 2.45) is 7.05 Å². The molecule has 2 aromatic rings. The monoisotopic (exact) mass is 158 g/mol. The first kappa shape index (κ1) is 7.03. The maximum atomic E-state index is 4.20. The maximum Gasteiger partial charge on any atom is 0.0945 e. The molecule has 59 valence electrons. The molecular weight excluding hydrogens is 150 g/mol. The van der Waals surface area contributed by atoms with E-state index in [1.54, 1.807) is 17.1 Å². The fraction of sp³-hybridized carbons (Fsp3) is 0.111. The molecule has 3 nitrogen and oxygen atoms in total. The van der Waals surface area contributed by atoms with Crippen molar-refractivity contribution in [2.45, 2.75) is 0 Å². The van der Waals surface area contributed by atoms with Crippen LogP contribution in [0.2, 0.25) is 0 Å². The van der Waals surface area contributed by atoms with Gasteiger partial charge in [0.1, 0.15) is 0 Å². The molecule has 2 aromatic heterocycles. The molecule has 0 bridgehead atoms. The van der Waals surface area contributed by atoms with Gasteiger partial charge in [-0.2, -0.15) is 5.10 Å². The first-order chi connectivity index (χ1) is 5.86. The van der Waals surface area contributed by atoms with Gasteiger partial charge in [0.25, 0.3) is 0 Å². The molecule has 0 spiro atoms. The second kappa shape index (κ2) is 2.77. The van der Waals surface area contributed by atoms with Gasteiger partial charge < -0.3 is 0 Å². The van der Waals surface area contributed by atoms with E-state index < -0.39 is 0 Å². The van der Waals surface area contributed by atoms with Gasteiger partial charge in [0.15, 0.2) is 0 Å². The Morgan fingerprint density at radius 3 is 3.00 bits per heavy atom. The Bertz CT molecular complexity index is 364. The lowest BCUT2D eigenvalue weighted by molar-refractivity contribution is 0.764. The summed E-state index contributed by atoms with van der Waals surface area (Å²) in [6, 6.07) is 5.71. The highest BCUT2D eigenvalue weighted by molar-refractivity contribution is 5.56. The molecular formula is C9H8N3. The van der Waals surface area contributed by atoms with E-state index in [1.807, 2.05) is 25.2 Å². The molecule has 0 saturated carbocycles. The minimum atomic E-state index is 0.908. The molecule has 0 amide bonds. The molecule has 2 rings (SSSR count). The zero-order valence-electron chi connectivity index (χ0n) is 6.73. The van der Waals surface area contributed by atoms with Crippen molar-refractivity contribution in [3.05, 3.63) is 36.8 Å². The number of hydrogen-bond donors (Lipinski definition) is 0. The van der Waals surface area contributed by atoms with Crippen molar-refractivity contribution in [3.63, 3.8) is 0 Å². The zero-order valence-corrected chi connectivity index (χ0v) is 6.73. The molecule has 0 fully saturated rings. The van der Waals surface area contributed by atoms with Crippen LogP contribution in [0.1, 0.15) is 0 Å². The lowest BCUT2D eigenvalue weighted by Gasteiger charge is -1.92. The smallest absolute Gasteiger partial charge is 0.0945 e. The van der Waals surface area contributed by atoms with E-state index >= 15 is 0 Å². The van der Waals surface area contributed by atoms with Crippen LogP contribution in [0, 0.1) is 6.20 Å². The highest BCUT2D eigenvalue weighted by Gasteiger charge is 1.98. The predicted octanol–water partition coefficient (Wildman–Crippen LogP) is 1.28. The third-order valence-corrected chi connectivity index (χ3v) is 1.60. The highest BCUT2D eigenvalue weighted by atomic mass is 15.2. The molecule has 3 heteroatoms. The summed E-state index contributed by atoms with van der Waals surface area (Å²) in [5.74, 6) is 0.